The van der Waals surface area contributed by atoms with E-state index < -0.39 is 0 Å². The molecule has 1 aliphatic carbocycles. The first-order chi connectivity index (χ1) is 9.31. The SMILES string of the molecule is CCN1CCN(C(=O)/C(C#N)=C/C(C)(C)C)CC12CC2. The van der Waals surface area contributed by atoms with Crippen LogP contribution in [0.15, 0.2) is 11.6 Å². The summed E-state index contributed by atoms with van der Waals surface area (Å²) in [7, 11) is 0. The van der Waals surface area contributed by atoms with Crippen molar-refractivity contribution < 1.29 is 4.79 Å². The molecule has 1 saturated heterocycles. The lowest BCUT2D eigenvalue weighted by molar-refractivity contribution is -0.130. The number of hydrogen-bond acceptors (Lipinski definition) is 3. The highest BCUT2D eigenvalue weighted by molar-refractivity contribution is 5.97. The Labute approximate surface area is 122 Å². The molecule has 0 aromatic heterocycles. The van der Waals surface area contributed by atoms with Crippen LogP contribution in [0.1, 0.15) is 40.5 Å². The zero-order valence-electron chi connectivity index (χ0n) is 13.1. The molecule has 2 fully saturated rings. The van der Waals surface area contributed by atoms with Gasteiger partial charge in [0.25, 0.3) is 5.91 Å². The third kappa shape index (κ3) is 3.04. The lowest BCUT2D eigenvalue weighted by atomic mass is 9.93. The molecule has 2 rings (SSSR count). The summed E-state index contributed by atoms with van der Waals surface area (Å²) >= 11 is 0. The predicted octanol–water partition coefficient (Wildman–Crippen LogP) is 2.18. The van der Waals surface area contributed by atoms with Gasteiger partial charge in [0.2, 0.25) is 0 Å². The fourth-order valence-electron chi connectivity index (χ4n) is 3.04. The second kappa shape index (κ2) is 5.21. The van der Waals surface area contributed by atoms with Gasteiger partial charge in [0.15, 0.2) is 0 Å². The van der Waals surface area contributed by atoms with Crippen molar-refractivity contribution in [1.29, 1.82) is 5.26 Å². The van der Waals surface area contributed by atoms with Crippen LogP contribution in [0, 0.1) is 16.7 Å². The standard InChI is InChI=1S/C16H25N3O/c1-5-19-9-8-18(12-16(19)6-7-16)14(20)13(11-17)10-15(2,3)4/h10H,5-9,12H2,1-4H3/b13-10+. The van der Waals surface area contributed by atoms with Crippen molar-refractivity contribution >= 4 is 5.91 Å². The van der Waals surface area contributed by atoms with E-state index in [-0.39, 0.29) is 16.9 Å². The Hall–Kier alpha value is -1.34. The molecule has 0 aromatic rings. The minimum atomic E-state index is -0.150. The van der Waals surface area contributed by atoms with E-state index in [0.717, 1.165) is 26.2 Å². The van der Waals surface area contributed by atoms with Crippen LogP contribution in [0.3, 0.4) is 0 Å². The van der Waals surface area contributed by atoms with Gasteiger partial charge in [-0.15, -0.1) is 0 Å². The lowest BCUT2D eigenvalue weighted by Gasteiger charge is -2.41. The number of likely N-dealkylation sites (N-methyl/N-ethyl adjacent to an activating group) is 1. The van der Waals surface area contributed by atoms with Crippen molar-refractivity contribution in [3.8, 4) is 6.07 Å². The van der Waals surface area contributed by atoms with Crippen molar-refractivity contribution in [1.82, 2.24) is 9.80 Å². The van der Waals surface area contributed by atoms with Crippen molar-refractivity contribution in [2.45, 2.75) is 46.1 Å². The Morgan fingerprint density at radius 1 is 1.35 bits per heavy atom. The van der Waals surface area contributed by atoms with E-state index in [4.69, 9.17) is 0 Å². The molecule has 1 saturated carbocycles. The van der Waals surface area contributed by atoms with Gasteiger partial charge in [0, 0.05) is 25.2 Å². The Balaban J connectivity index is 2.11. The zero-order chi connectivity index (χ0) is 15.0. The molecule has 20 heavy (non-hydrogen) atoms. The van der Waals surface area contributed by atoms with Crippen molar-refractivity contribution in [2.24, 2.45) is 5.41 Å². The second-order valence-corrected chi connectivity index (χ2v) is 7.07. The molecule has 0 unspecified atom stereocenters. The number of nitrogens with zero attached hydrogens (tertiary/aromatic N) is 3. The van der Waals surface area contributed by atoms with Crippen LogP contribution in [-0.2, 0) is 4.79 Å². The van der Waals surface area contributed by atoms with Crippen molar-refractivity contribution in [3.05, 3.63) is 11.6 Å². The van der Waals surface area contributed by atoms with Crippen LogP contribution in [0.4, 0.5) is 0 Å². The highest BCUT2D eigenvalue weighted by Crippen LogP contribution is 2.44. The molecular formula is C16H25N3O. The largest absolute Gasteiger partial charge is 0.335 e. The highest BCUT2D eigenvalue weighted by atomic mass is 16.2. The maximum Gasteiger partial charge on any atom is 0.264 e. The summed E-state index contributed by atoms with van der Waals surface area (Å²) < 4.78 is 0. The van der Waals surface area contributed by atoms with E-state index >= 15 is 0 Å². The fraction of sp³-hybridized carbons (Fsp3) is 0.750. The van der Waals surface area contributed by atoms with E-state index in [0.29, 0.717) is 5.57 Å². The van der Waals surface area contributed by atoms with E-state index in [1.807, 2.05) is 25.7 Å². The molecule has 1 aliphatic heterocycles. The van der Waals surface area contributed by atoms with Gasteiger partial charge in [-0.1, -0.05) is 33.8 Å². The van der Waals surface area contributed by atoms with E-state index in [2.05, 4.69) is 17.9 Å². The van der Waals surface area contributed by atoms with Crippen LogP contribution >= 0.6 is 0 Å². The molecule has 1 amide bonds. The summed E-state index contributed by atoms with van der Waals surface area (Å²) in [5.41, 5.74) is 0.354. The average molecular weight is 275 g/mol. The molecule has 110 valence electrons. The third-order valence-corrected chi connectivity index (χ3v) is 4.22. The number of hydrogen-bond donors (Lipinski definition) is 0. The maximum atomic E-state index is 12.5. The third-order valence-electron chi connectivity index (χ3n) is 4.22. The molecular weight excluding hydrogens is 250 g/mol. The van der Waals surface area contributed by atoms with E-state index in [1.54, 1.807) is 6.08 Å². The summed E-state index contributed by atoms with van der Waals surface area (Å²) in [4.78, 5) is 16.9. The lowest BCUT2D eigenvalue weighted by Crippen LogP contribution is -2.56. The summed E-state index contributed by atoms with van der Waals surface area (Å²) in [6.45, 7) is 11.7. The number of allylic oxidation sites excluding steroid dienone is 1. The van der Waals surface area contributed by atoms with Crippen LogP contribution in [0.5, 0.6) is 0 Å². The Bertz CT molecular complexity index is 463. The zero-order valence-corrected chi connectivity index (χ0v) is 13.1. The van der Waals surface area contributed by atoms with Gasteiger partial charge in [-0.2, -0.15) is 5.26 Å². The molecule has 0 bridgehead atoms. The Morgan fingerprint density at radius 3 is 2.45 bits per heavy atom. The predicted molar refractivity (Wildman–Crippen MR) is 78.9 cm³/mol. The molecule has 1 spiro atoms. The first-order valence-corrected chi connectivity index (χ1v) is 7.48. The topological polar surface area (TPSA) is 47.3 Å². The number of carbonyl (C=O) groups is 1. The van der Waals surface area contributed by atoms with Gasteiger partial charge >= 0.3 is 0 Å². The molecule has 4 heteroatoms. The minimum Gasteiger partial charge on any atom is -0.335 e. The summed E-state index contributed by atoms with van der Waals surface area (Å²) in [5, 5.41) is 9.26. The van der Waals surface area contributed by atoms with Crippen LogP contribution in [0.25, 0.3) is 0 Å². The molecule has 1 heterocycles. The summed E-state index contributed by atoms with van der Waals surface area (Å²) in [5.74, 6) is -0.0931. The first-order valence-electron chi connectivity index (χ1n) is 7.48. The van der Waals surface area contributed by atoms with Gasteiger partial charge in [-0.3, -0.25) is 9.69 Å². The summed E-state index contributed by atoms with van der Waals surface area (Å²) in [6, 6.07) is 2.08. The van der Waals surface area contributed by atoms with Gasteiger partial charge in [0.1, 0.15) is 11.6 Å². The molecule has 0 aromatic carbocycles. The number of rotatable bonds is 2. The molecule has 0 radical (unpaired) electrons. The quantitative estimate of drug-likeness (QED) is 0.573. The minimum absolute atomic E-state index is 0.0931. The normalized spacial score (nSPS) is 22.8. The smallest absolute Gasteiger partial charge is 0.264 e. The van der Waals surface area contributed by atoms with E-state index in [9.17, 15) is 10.1 Å². The van der Waals surface area contributed by atoms with Crippen molar-refractivity contribution in [2.75, 3.05) is 26.2 Å². The fourth-order valence-corrected chi connectivity index (χ4v) is 3.04. The number of piperazine rings is 1. The van der Waals surface area contributed by atoms with Gasteiger partial charge in [-0.05, 0) is 24.8 Å². The molecule has 0 atom stereocenters. The van der Waals surface area contributed by atoms with Crippen molar-refractivity contribution in [3.63, 3.8) is 0 Å². The first kappa shape index (κ1) is 15.1. The second-order valence-electron chi connectivity index (χ2n) is 7.07. The number of nitriles is 1. The average Bonchev–Trinajstić information content (AvgIpc) is 3.14. The Morgan fingerprint density at radius 2 is 2.00 bits per heavy atom. The van der Waals surface area contributed by atoms with Crippen LogP contribution < -0.4 is 0 Å². The molecule has 4 nitrogen and oxygen atoms in total. The molecule has 0 N–H and O–H groups in total. The van der Waals surface area contributed by atoms with Gasteiger partial charge in [-0.25, -0.2) is 0 Å². The monoisotopic (exact) mass is 275 g/mol. The summed E-state index contributed by atoms with van der Waals surface area (Å²) in [6.07, 6.45) is 4.14. The van der Waals surface area contributed by atoms with E-state index in [1.165, 1.54) is 12.8 Å². The number of carbonyl (C=O) groups excluding carboxylic acids is 1. The van der Waals surface area contributed by atoms with Gasteiger partial charge < -0.3 is 4.90 Å². The molecule has 2 aliphatic rings. The number of amides is 1. The maximum absolute atomic E-state index is 12.5. The van der Waals surface area contributed by atoms with Crippen LogP contribution in [0.2, 0.25) is 0 Å². The Kier molecular flexibility index (Phi) is 3.93. The van der Waals surface area contributed by atoms with Gasteiger partial charge in [0.05, 0.1) is 0 Å². The highest BCUT2D eigenvalue weighted by Gasteiger charge is 2.51. The van der Waals surface area contributed by atoms with Crippen LogP contribution in [-0.4, -0.2) is 47.4 Å².